The number of fused-ring (bicyclic) bond motifs is 1. The smallest absolute Gasteiger partial charge is 0.342 e. The summed E-state index contributed by atoms with van der Waals surface area (Å²) in [5.74, 6) is 0.185. The lowest BCUT2D eigenvalue weighted by Gasteiger charge is -2.50. The first-order valence-corrected chi connectivity index (χ1v) is 13.3. The minimum Gasteiger partial charge on any atom is -0.497 e. The van der Waals surface area contributed by atoms with Gasteiger partial charge in [0.25, 0.3) is 0 Å². The van der Waals surface area contributed by atoms with Gasteiger partial charge in [0.15, 0.2) is 5.60 Å². The Morgan fingerprint density at radius 2 is 1.81 bits per heavy atom. The zero-order valence-corrected chi connectivity index (χ0v) is 23.9. The fraction of sp³-hybridized carbons (Fsp3) is 0.552. The number of halogens is 1. The molecule has 2 N–H and O–H groups in total. The number of aliphatic hydroxyl groups is 2. The average molecular weight is 564 g/mol. The molecule has 1 aliphatic rings. The van der Waals surface area contributed by atoms with Gasteiger partial charge in [0.2, 0.25) is 0 Å². The fourth-order valence-corrected chi connectivity index (χ4v) is 5.29. The number of methoxy groups -OCH3 is 1. The van der Waals surface area contributed by atoms with Crippen molar-refractivity contribution in [2.75, 3.05) is 7.11 Å². The van der Waals surface area contributed by atoms with E-state index in [1.165, 1.54) is 0 Å². The molecule has 0 fully saturated rings. The third-order valence-corrected chi connectivity index (χ3v) is 7.44. The topological polar surface area (TPSA) is 85.2 Å². The van der Waals surface area contributed by atoms with E-state index >= 15 is 0 Å². The van der Waals surface area contributed by atoms with Gasteiger partial charge in [0.05, 0.1) is 11.6 Å². The minimum atomic E-state index is -2.11. The number of hydrogen-bond acceptors (Lipinski definition) is 6. The van der Waals surface area contributed by atoms with Gasteiger partial charge in [-0.05, 0) is 103 Å². The molecule has 0 aliphatic heterocycles. The van der Waals surface area contributed by atoms with E-state index in [1.54, 1.807) is 40.9 Å². The summed E-state index contributed by atoms with van der Waals surface area (Å²) in [5.41, 5.74) is -2.44. The molecule has 0 spiro atoms. The van der Waals surface area contributed by atoms with Crippen LogP contribution in [0, 0.1) is 11.8 Å². The molecule has 0 bridgehead atoms. The van der Waals surface area contributed by atoms with Crippen LogP contribution in [-0.4, -0.2) is 34.5 Å². The highest BCUT2D eigenvalue weighted by molar-refractivity contribution is 9.10. The zero-order chi connectivity index (χ0) is 26.9. The van der Waals surface area contributed by atoms with Crippen molar-refractivity contribution in [2.45, 2.75) is 84.2 Å². The van der Waals surface area contributed by atoms with Gasteiger partial charge < -0.3 is 24.4 Å². The van der Waals surface area contributed by atoms with Crippen LogP contribution in [0.5, 0.6) is 11.5 Å². The quantitative estimate of drug-likeness (QED) is 0.388. The summed E-state index contributed by atoms with van der Waals surface area (Å²) in [6, 6.07) is 11.3. The molecule has 7 heteroatoms. The molecule has 0 saturated heterocycles. The van der Waals surface area contributed by atoms with E-state index in [1.807, 2.05) is 44.2 Å². The van der Waals surface area contributed by atoms with Crippen molar-refractivity contribution in [3.8, 4) is 11.5 Å². The molecule has 6 nitrogen and oxygen atoms in total. The Morgan fingerprint density at radius 1 is 1.17 bits per heavy atom. The second-order valence-electron chi connectivity index (χ2n) is 11.2. The van der Waals surface area contributed by atoms with Crippen LogP contribution in [-0.2, 0) is 28.2 Å². The van der Waals surface area contributed by atoms with E-state index < -0.39 is 28.7 Å². The number of rotatable bonds is 8. The van der Waals surface area contributed by atoms with Gasteiger partial charge >= 0.3 is 5.97 Å². The molecule has 0 unspecified atom stereocenters. The Balaban J connectivity index is 2.04. The van der Waals surface area contributed by atoms with E-state index in [0.29, 0.717) is 30.8 Å². The molecule has 36 heavy (non-hydrogen) atoms. The van der Waals surface area contributed by atoms with Crippen LogP contribution in [0.4, 0.5) is 0 Å². The number of benzene rings is 2. The highest BCUT2D eigenvalue weighted by atomic mass is 79.9. The van der Waals surface area contributed by atoms with E-state index in [9.17, 15) is 15.0 Å². The predicted octanol–water partition coefficient (Wildman–Crippen LogP) is 5.93. The van der Waals surface area contributed by atoms with Crippen LogP contribution in [0.1, 0.15) is 71.1 Å². The molecular formula is C29H39BrO6. The first-order chi connectivity index (χ1) is 16.7. The van der Waals surface area contributed by atoms with Gasteiger partial charge in [-0.15, -0.1) is 0 Å². The largest absolute Gasteiger partial charge is 0.497 e. The highest BCUT2D eigenvalue weighted by Gasteiger charge is 2.63. The average Bonchev–Trinajstić information content (AvgIpc) is 2.79. The van der Waals surface area contributed by atoms with Crippen molar-refractivity contribution in [1.29, 1.82) is 0 Å². The molecule has 0 saturated carbocycles. The van der Waals surface area contributed by atoms with Gasteiger partial charge in [-0.1, -0.05) is 32.9 Å². The molecule has 2 aromatic rings. The maximum absolute atomic E-state index is 13.4. The fourth-order valence-electron chi connectivity index (χ4n) is 4.78. The Bertz CT molecular complexity index is 1070. The van der Waals surface area contributed by atoms with Crippen molar-refractivity contribution < 1.29 is 29.2 Å². The van der Waals surface area contributed by atoms with E-state index in [2.05, 4.69) is 15.9 Å². The van der Waals surface area contributed by atoms with Gasteiger partial charge in [-0.3, -0.25) is 0 Å². The van der Waals surface area contributed by atoms with Gasteiger partial charge in [0.1, 0.15) is 29.3 Å². The van der Waals surface area contributed by atoms with Gasteiger partial charge in [-0.2, -0.15) is 0 Å². The molecule has 3 atom stereocenters. The summed E-state index contributed by atoms with van der Waals surface area (Å²) in [4.78, 5) is 13.4. The van der Waals surface area contributed by atoms with Crippen LogP contribution in [0.25, 0.3) is 0 Å². The monoisotopic (exact) mass is 562 g/mol. The molecule has 1 aliphatic carbocycles. The summed E-state index contributed by atoms with van der Waals surface area (Å²) in [6.07, 6.45) is 1.23. The van der Waals surface area contributed by atoms with Crippen molar-refractivity contribution in [2.24, 2.45) is 11.8 Å². The summed E-state index contributed by atoms with van der Waals surface area (Å²) < 4.78 is 17.7. The second kappa shape index (κ2) is 10.7. The summed E-state index contributed by atoms with van der Waals surface area (Å²) in [7, 11) is 1.62. The molecule has 0 heterocycles. The summed E-state index contributed by atoms with van der Waals surface area (Å²) in [5, 5.41) is 24.2. The van der Waals surface area contributed by atoms with E-state index in [4.69, 9.17) is 14.2 Å². The molecule has 0 radical (unpaired) electrons. The van der Waals surface area contributed by atoms with Crippen LogP contribution in [0.2, 0.25) is 0 Å². The summed E-state index contributed by atoms with van der Waals surface area (Å²) in [6.45, 7) is 11.5. The Kier molecular flexibility index (Phi) is 8.48. The van der Waals surface area contributed by atoms with Crippen molar-refractivity contribution >= 4 is 21.9 Å². The number of ether oxygens (including phenoxy) is 3. The predicted molar refractivity (Wildman–Crippen MR) is 143 cm³/mol. The van der Waals surface area contributed by atoms with Crippen LogP contribution in [0.15, 0.2) is 40.9 Å². The molecular weight excluding hydrogens is 524 g/mol. The normalized spacial score (nSPS) is 23.8. The lowest BCUT2D eigenvalue weighted by molar-refractivity contribution is -0.229. The Labute approximate surface area is 223 Å². The third kappa shape index (κ3) is 5.74. The molecule has 198 valence electrons. The van der Waals surface area contributed by atoms with Crippen LogP contribution in [0.3, 0.4) is 0 Å². The first kappa shape index (κ1) is 28.5. The van der Waals surface area contributed by atoms with Crippen molar-refractivity contribution in [1.82, 2.24) is 0 Å². The van der Waals surface area contributed by atoms with E-state index in [0.717, 1.165) is 21.3 Å². The Morgan fingerprint density at radius 3 is 2.36 bits per heavy atom. The highest BCUT2D eigenvalue weighted by Crippen LogP contribution is 2.51. The van der Waals surface area contributed by atoms with Crippen molar-refractivity contribution in [3.05, 3.63) is 57.6 Å². The van der Waals surface area contributed by atoms with Gasteiger partial charge in [0, 0.05) is 5.92 Å². The SMILES string of the molecule is COc1ccc(COc2cc3c(cc2Br)C[C@H](C)[C@](O)(C(=O)OC(C)(C)C)[C@@]3(O)CCC(C)C)cc1. The number of carbonyl (C=O) groups excluding carboxylic acids is 1. The molecule has 0 aromatic heterocycles. The first-order valence-electron chi connectivity index (χ1n) is 12.5. The molecule has 3 rings (SSSR count). The van der Waals surface area contributed by atoms with Crippen LogP contribution < -0.4 is 9.47 Å². The van der Waals surface area contributed by atoms with E-state index in [-0.39, 0.29) is 12.3 Å². The second-order valence-corrected chi connectivity index (χ2v) is 12.1. The minimum absolute atomic E-state index is 0.206. The number of hydrogen-bond donors (Lipinski definition) is 2. The molecule has 0 amide bonds. The zero-order valence-electron chi connectivity index (χ0n) is 22.4. The van der Waals surface area contributed by atoms with Crippen molar-refractivity contribution in [3.63, 3.8) is 0 Å². The van der Waals surface area contributed by atoms with Crippen LogP contribution >= 0.6 is 15.9 Å². The Hall–Kier alpha value is -2.09. The van der Waals surface area contributed by atoms with Gasteiger partial charge in [-0.25, -0.2) is 4.79 Å². The lowest BCUT2D eigenvalue weighted by Crippen LogP contribution is -2.65. The summed E-state index contributed by atoms with van der Waals surface area (Å²) >= 11 is 3.61. The number of esters is 1. The maximum atomic E-state index is 13.4. The number of carbonyl (C=O) groups is 1. The lowest BCUT2D eigenvalue weighted by atomic mass is 9.61. The third-order valence-electron chi connectivity index (χ3n) is 6.82. The maximum Gasteiger partial charge on any atom is 0.342 e. The standard InChI is InChI=1S/C29H39BrO6/c1-18(2)12-13-28(32)23-16-25(35-17-20-8-10-22(34-7)11-9-20)24(30)15-21(23)14-19(3)29(28,33)26(31)36-27(4,5)6/h8-11,15-16,18-19,32-33H,12-14,17H2,1-7H3/t19-,28+,29-/m0/s1. The molecule has 2 aromatic carbocycles.